The van der Waals surface area contributed by atoms with E-state index in [1.807, 2.05) is 43.3 Å². The zero-order chi connectivity index (χ0) is 17.2. The molecule has 0 saturated heterocycles. The van der Waals surface area contributed by atoms with E-state index >= 15 is 0 Å². The molecule has 3 N–H and O–H groups in total. The summed E-state index contributed by atoms with van der Waals surface area (Å²) >= 11 is 0. The Bertz CT molecular complexity index is 671. The summed E-state index contributed by atoms with van der Waals surface area (Å²) < 4.78 is 5.23. The van der Waals surface area contributed by atoms with E-state index in [-0.39, 0.29) is 0 Å². The highest BCUT2D eigenvalue weighted by atomic mass is 16.5. The van der Waals surface area contributed by atoms with E-state index < -0.39 is 0 Å². The summed E-state index contributed by atoms with van der Waals surface area (Å²) in [6.07, 6.45) is 0.817. The molecule has 0 aliphatic heterocycles. The van der Waals surface area contributed by atoms with Crippen molar-refractivity contribution in [3.05, 3.63) is 59.7 Å². The van der Waals surface area contributed by atoms with Crippen LogP contribution >= 0.6 is 0 Å². The van der Waals surface area contributed by atoms with Gasteiger partial charge in [-0.25, -0.2) is 4.99 Å². The highest BCUT2D eigenvalue weighted by Gasteiger charge is 2.00. The Labute approximate surface area is 143 Å². The molecule has 0 aromatic heterocycles. The van der Waals surface area contributed by atoms with Crippen LogP contribution in [-0.2, 0) is 13.0 Å². The predicted octanol–water partition coefficient (Wildman–Crippen LogP) is 2.70. The van der Waals surface area contributed by atoms with Gasteiger partial charge in [0.15, 0.2) is 5.96 Å². The smallest absolute Gasteiger partial charge is 0.191 e. The van der Waals surface area contributed by atoms with Crippen LogP contribution in [0, 0.1) is 0 Å². The Morgan fingerprint density at radius 3 is 2.62 bits per heavy atom. The van der Waals surface area contributed by atoms with E-state index in [9.17, 15) is 5.11 Å². The van der Waals surface area contributed by atoms with Crippen molar-refractivity contribution in [3.8, 4) is 11.5 Å². The fraction of sp³-hybridized carbons (Fsp3) is 0.316. The molecule has 0 radical (unpaired) electrons. The van der Waals surface area contributed by atoms with Crippen LogP contribution in [0.4, 0.5) is 0 Å². The molecule has 0 bridgehead atoms. The molecule has 0 atom stereocenters. The summed E-state index contributed by atoms with van der Waals surface area (Å²) in [4.78, 5) is 4.60. The quantitative estimate of drug-likeness (QED) is 0.540. The topological polar surface area (TPSA) is 65.9 Å². The molecule has 128 valence electrons. The van der Waals surface area contributed by atoms with Gasteiger partial charge in [0, 0.05) is 13.1 Å². The molecule has 2 rings (SSSR count). The van der Waals surface area contributed by atoms with E-state index in [2.05, 4.69) is 15.6 Å². The van der Waals surface area contributed by atoms with Crippen LogP contribution in [0.5, 0.6) is 11.5 Å². The van der Waals surface area contributed by atoms with Crippen molar-refractivity contribution in [2.45, 2.75) is 19.9 Å². The molecule has 0 aliphatic carbocycles. The highest BCUT2D eigenvalue weighted by molar-refractivity contribution is 5.79. The van der Waals surface area contributed by atoms with Crippen LogP contribution in [0.2, 0.25) is 0 Å². The first-order valence-electron chi connectivity index (χ1n) is 8.14. The first-order valence-corrected chi connectivity index (χ1v) is 8.14. The number of phenolic OH excluding ortho intramolecular Hbond substituents is 1. The summed E-state index contributed by atoms with van der Waals surface area (Å²) in [5, 5.41) is 16.0. The van der Waals surface area contributed by atoms with Crippen molar-refractivity contribution in [2.24, 2.45) is 4.99 Å². The predicted molar refractivity (Wildman–Crippen MR) is 97.6 cm³/mol. The lowest BCUT2D eigenvalue weighted by atomic mass is 10.1. The van der Waals surface area contributed by atoms with Crippen LogP contribution < -0.4 is 15.4 Å². The van der Waals surface area contributed by atoms with Gasteiger partial charge in [-0.15, -0.1) is 0 Å². The van der Waals surface area contributed by atoms with Crippen LogP contribution in [0.1, 0.15) is 18.1 Å². The first kappa shape index (κ1) is 17.7. The van der Waals surface area contributed by atoms with E-state index in [1.165, 1.54) is 0 Å². The molecule has 0 amide bonds. The summed E-state index contributed by atoms with van der Waals surface area (Å²) in [7, 11) is 1.66. The lowest BCUT2D eigenvalue weighted by Crippen LogP contribution is -2.38. The maximum Gasteiger partial charge on any atom is 0.191 e. The molecule has 0 saturated carbocycles. The van der Waals surface area contributed by atoms with Gasteiger partial charge in [-0.05, 0) is 48.7 Å². The third-order valence-corrected chi connectivity index (χ3v) is 3.51. The van der Waals surface area contributed by atoms with Crippen LogP contribution in [0.3, 0.4) is 0 Å². The number of ether oxygens (including phenoxy) is 1. The number of hydrogen-bond acceptors (Lipinski definition) is 3. The van der Waals surface area contributed by atoms with Crippen molar-refractivity contribution >= 4 is 5.96 Å². The summed E-state index contributed by atoms with van der Waals surface area (Å²) in [5.41, 5.74) is 2.19. The van der Waals surface area contributed by atoms with Crippen molar-refractivity contribution < 1.29 is 9.84 Å². The van der Waals surface area contributed by atoms with Crippen molar-refractivity contribution in [3.63, 3.8) is 0 Å². The molecule has 0 heterocycles. The van der Waals surface area contributed by atoms with Crippen molar-refractivity contribution in [1.82, 2.24) is 10.6 Å². The van der Waals surface area contributed by atoms with Gasteiger partial charge in [-0.1, -0.05) is 24.3 Å². The fourth-order valence-corrected chi connectivity index (χ4v) is 2.32. The number of aliphatic imine (C=N–C) groups is 1. The number of aromatic hydroxyl groups is 1. The number of phenols is 1. The molecular weight excluding hydrogens is 302 g/mol. The van der Waals surface area contributed by atoms with Crippen molar-refractivity contribution in [1.29, 1.82) is 0 Å². The number of guanidine groups is 1. The number of rotatable bonds is 7. The monoisotopic (exact) mass is 327 g/mol. The SMILES string of the molecule is CCNC(=NCc1cccc(OC)c1)NCCc1cccc(O)c1. The molecule has 2 aromatic carbocycles. The molecule has 0 fully saturated rings. The van der Waals surface area contributed by atoms with E-state index in [1.54, 1.807) is 19.2 Å². The normalized spacial score (nSPS) is 11.2. The minimum absolute atomic E-state index is 0.297. The second kappa shape index (κ2) is 9.45. The molecular formula is C19H25N3O2. The standard InChI is InChI=1S/C19H25N3O2/c1-3-20-19(21-11-10-15-6-4-8-17(23)12-15)22-14-16-7-5-9-18(13-16)24-2/h4-9,12-13,23H,3,10-11,14H2,1-2H3,(H2,20,21,22). The third kappa shape index (κ3) is 5.83. The minimum atomic E-state index is 0.297. The van der Waals surface area contributed by atoms with Crippen LogP contribution in [0.25, 0.3) is 0 Å². The number of hydrogen-bond donors (Lipinski definition) is 3. The van der Waals surface area contributed by atoms with Crippen molar-refractivity contribution in [2.75, 3.05) is 20.2 Å². The maximum absolute atomic E-state index is 9.49. The van der Waals surface area contributed by atoms with Crippen LogP contribution in [-0.4, -0.2) is 31.3 Å². The molecule has 0 unspecified atom stereocenters. The lowest BCUT2D eigenvalue weighted by molar-refractivity contribution is 0.414. The van der Waals surface area contributed by atoms with E-state index in [0.717, 1.165) is 42.3 Å². The highest BCUT2D eigenvalue weighted by Crippen LogP contribution is 2.13. The zero-order valence-corrected chi connectivity index (χ0v) is 14.2. The average molecular weight is 327 g/mol. The molecule has 0 aliphatic rings. The molecule has 5 heteroatoms. The van der Waals surface area contributed by atoms with Gasteiger partial charge >= 0.3 is 0 Å². The first-order chi connectivity index (χ1) is 11.7. The van der Waals surface area contributed by atoms with Gasteiger partial charge in [0.05, 0.1) is 13.7 Å². The van der Waals surface area contributed by atoms with E-state index in [4.69, 9.17) is 4.74 Å². The fourth-order valence-electron chi connectivity index (χ4n) is 2.32. The number of methoxy groups -OCH3 is 1. The van der Waals surface area contributed by atoms with Gasteiger partial charge in [0.25, 0.3) is 0 Å². The Morgan fingerprint density at radius 2 is 1.88 bits per heavy atom. The zero-order valence-electron chi connectivity index (χ0n) is 14.2. The van der Waals surface area contributed by atoms with Crippen LogP contribution in [0.15, 0.2) is 53.5 Å². The second-order valence-corrected chi connectivity index (χ2v) is 5.39. The van der Waals surface area contributed by atoms with Gasteiger partial charge in [-0.3, -0.25) is 0 Å². The summed E-state index contributed by atoms with van der Waals surface area (Å²) in [5.74, 6) is 1.91. The average Bonchev–Trinajstić information content (AvgIpc) is 2.60. The molecule has 24 heavy (non-hydrogen) atoms. The molecule has 2 aromatic rings. The lowest BCUT2D eigenvalue weighted by Gasteiger charge is -2.11. The Morgan fingerprint density at radius 1 is 1.08 bits per heavy atom. The number of nitrogens with zero attached hydrogens (tertiary/aromatic N) is 1. The maximum atomic E-state index is 9.49. The molecule has 5 nitrogen and oxygen atoms in total. The van der Waals surface area contributed by atoms with Gasteiger partial charge in [0.1, 0.15) is 11.5 Å². The second-order valence-electron chi connectivity index (χ2n) is 5.39. The number of benzene rings is 2. The van der Waals surface area contributed by atoms with E-state index in [0.29, 0.717) is 12.3 Å². The summed E-state index contributed by atoms with van der Waals surface area (Å²) in [6, 6.07) is 15.2. The van der Waals surface area contributed by atoms with Gasteiger partial charge in [0.2, 0.25) is 0 Å². The molecule has 0 spiro atoms. The summed E-state index contributed by atoms with van der Waals surface area (Å²) in [6.45, 7) is 4.17. The van der Waals surface area contributed by atoms with Gasteiger partial charge < -0.3 is 20.5 Å². The Kier molecular flexibility index (Phi) is 6.95. The Balaban J connectivity index is 1.90. The largest absolute Gasteiger partial charge is 0.508 e. The van der Waals surface area contributed by atoms with Gasteiger partial charge in [-0.2, -0.15) is 0 Å². The Hall–Kier alpha value is -2.69. The number of nitrogens with one attached hydrogen (secondary N) is 2. The third-order valence-electron chi connectivity index (χ3n) is 3.51. The minimum Gasteiger partial charge on any atom is -0.508 e.